The zero-order valence-electron chi connectivity index (χ0n) is 14.0. The lowest BCUT2D eigenvalue weighted by Gasteiger charge is -2.28. The molecule has 2 amide bonds. The van der Waals surface area contributed by atoms with Crippen molar-refractivity contribution in [3.63, 3.8) is 0 Å². The standard InChI is InChI=1S/C16H17F3N2O4S/c1-9-12(14(22)24-7-8-26-2)13(21-15(23)20-9)10-3-5-11(6-4-10)25-16(17,18)19/h3-6,13H,7-8H2,1-2H3,(H2,20,21,23). The maximum absolute atomic E-state index is 12.4. The van der Waals surface area contributed by atoms with E-state index in [0.717, 1.165) is 12.1 Å². The minimum Gasteiger partial charge on any atom is -0.461 e. The van der Waals surface area contributed by atoms with Crippen LogP contribution in [0.15, 0.2) is 35.5 Å². The lowest BCUT2D eigenvalue weighted by Crippen LogP contribution is -2.45. The summed E-state index contributed by atoms with van der Waals surface area (Å²) in [4.78, 5) is 24.1. The Morgan fingerprint density at radius 1 is 1.27 bits per heavy atom. The minimum absolute atomic E-state index is 0.190. The van der Waals surface area contributed by atoms with E-state index >= 15 is 0 Å². The fourth-order valence-electron chi connectivity index (χ4n) is 2.37. The summed E-state index contributed by atoms with van der Waals surface area (Å²) in [5, 5.41) is 5.07. The van der Waals surface area contributed by atoms with Gasteiger partial charge in [0, 0.05) is 11.4 Å². The molecular weight excluding hydrogens is 373 g/mol. The Kier molecular flexibility index (Phi) is 6.41. The average Bonchev–Trinajstić information content (AvgIpc) is 2.53. The second kappa shape index (κ2) is 8.35. The molecule has 2 rings (SSSR count). The van der Waals surface area contributed by atoms with E-state index in [4.69, 9.17) is 4.74 Å². The molecular formula is C16H17F3N2O4S. The summed E-state index contributed by atoms with van der Waals surface area (Å²) in [7, 11) is 0. The van der Waals surface area contributed by atoms with E-state index in [-0.39, 0.29) is 12.2 Å². The number of esters is 1. The van der Waals surface area contributed by atoms with Gasteiger partial charge < -0.3 is 20.1 Å². The summed E-state index contributed by atoms with van der Waals surface area (Å²) in [6.07, 6.45) is -2.93. The van der Waals surface area contributed by atoms with E-state index in [1.165, 1.54) is 23.9 Å². The summed E-state index contributed by atoms with van der Waals surface area (Å²) < 4.78 is 45.8. The Hall–Kier alpha value is -2.36. The maximum atomic E-state index is 12.4. The lowest BCUT2D eigenvalue weighted by atomic mass is 9.95. The minimum atomic E-state index is -4.80. The topological polar surface area (TPSA) is 76.7 Å². The fraction of sp³-hybridized carbons (Fsp3) is 0.375. The number of hydrogen-bond donors (Lipinski definition) is 2. The zero-order valence-corrected chi connectivity index (χ0v) is 14.8. The van der Waals surface area contributed by atoms with E-state index < -0.39 is 30.2 Å². The van der Waals surface area contributed by atoms with E-state index in [9.17, 15) is 22.8 Å². The number of amides is 2. The molecule has 26 heavy (non-hydrogen) atoms. The maximum Gasteiger partial charge on any atom is 0.573 e. The number of rotatable bonds is 6. The van der Waals surface area contributed by atoms with Gasteiger partial charge >= 0.3 is 18.4 Å². The van der Waals surface area contributed by atoms with Crippen LogP contribution in [-0.4, -0.2) is 37.0 Å². The van der Waals surface area contributed by atoms with Crippen LogP contribution in [-0.2, 0) is 9.53 Å². The van der Waals surface area contributed by atoms with E-state index in [1.807, 2.05) is 6.26 Å². The first-order chi connectivity index (χ1) is 12.2. The first-order valence-electron chi connectivity index (χ1n) is 7.51. The monoisotopic (exact) mass is 390 g/mol. The van der Waals surface area contributed by atoms with E-state index in [0.29, 0.717) is 17.0 Å². The second-order valence-electron chi connectivity index (χ2n) is 5.32. The number of nitrogens with one attached hydrogen (secondary N) is 2. The molecule has 0 bridgehead atoms. The molecule has 0 fully saturated rings. The van der Waals surface area contributed by atoms with Crippen molar-refractivity contribution in [2.24, 2.45) is 0 Å². The third-order valence-electron chi connectivity index (χ3n) is 3.46. The molecule has 10 heteroatoms. The van der Waals surface area contributed by atoms with Crippen molar-refractivity contribution in [2.75, 3.05) is 18.6 Å². The van der Waals surface area contributed by atoms with E-state index in [1.54, 1.807) is 6.92 Å². The summed E-state index contributed by atoms with van der Waals surface area (Å²) in [6, 6.07) is 3.56. The summed E-state index contributed by atoms with van der Waals surface area (Å²) in [6.45, 7) is 1.76. The van der Waals surface area contributed by atoms with Gasteiger partial charge in [0.25, 0.3) is 0 Å². The third-order valence-corrected chi connectivity index (χ3v) is 4.03. The van der Waals surface area contributed by atoms with Gasteiger partial charge in [-0.25, -0.2) is 9.59 Å². The number of hydrogen-bond acceptors (Lipinski definition) is 5. The molecule has 1 aromatic rings. The molecule has 2 N–H and O–H groups in total. The molecule has 0 saturated carbocycles. The third kappa shape index (κ3) is 5.32. The molecule has 0 radical (unpaired) electrons. The Balaban J connectivity index is 2.25. The Morgan fingerprint density at radius 2 is 1.92 bits per heavy atom. The highest BCUT2D eigenvalue weighted by atomic mass is 32.2. The van der Waals surface area contributed by atoms with Gasteiger partial charge in [-0.15, -0.1) is 13.2 Å². The number of carbonyl (C=O) groups excluding carboxylic acids is 2. The number of allylic oxidation sites excluding steroid dienone is 1. The predicted molar refractivity (Wildman–Crippen MR) is 89.6 cm³/mol. The average molecular weight is 390 g/mol. The Morgan fingerprint density at radius 3 is 2.50 bits per heavy atom. The van der Waals surface area contributed by atoms with Crippen LogP contribution in [0.25, 0.3) is 0 Å². The largest absolute Gasteiger partial charge is 0.573 e. The number of alkyl halides is 3. The molecule has 0 aliphatic carbocycles. The van der Waals surface area contributed by atoms with Gasteiger partial charge in [-0.2, -0.15) is 11.8 Å². The Labute approximate surface area is 152 Å². The number of thioether (sulfide) groups is 1. The van der Waals surface area contributed by atoms with Crippen LogP contribution in [0.3, 0.4) is 0 Å². The quantitative estimate of drug-likeness (QED) is 0.577. The molecule has 1 heterocycles. The van der Waals surface area contributed by atoms with Crippen molar-refractivity contribution >= 4 is 23.8 Å². The van der Waals surface area contributed by atoms with Crippen LogP contribution in [0.5, 0.6) is 5.75 Å². The number of halogens is 3. The van der Waals surface area contributed by atoms with Crippen LogP contribution >= 0.6 is 11.8 Å². The summed E-state index contributed by atoms with van der Waals surface area (Å²) in [5.74, 6) is -0.387. The second-order valence-corrected chi connectivity index (χ2v) is 6.30. The summed E-state index contributed by atoms with van der Waals surface area (Å²) >= 11 is 1.51. The lowest BCUT2D eigenvalue weighted by molar-refractivity contribution is -0.274. The molecule has 0 saturated heterocycles. The van der Waals surface area contributed by atoms with Gasteiger partial charge in [0.05, 0.1) is 11.6 Å². The van der Waals surface area contributed by atoms with Crippen molar-refractivity contribution in [3.8, 4) is 5.75 Å². The van der Waals surface area contributed by atoms with Gasteiger partial charge in [-0.3, -0.25) is 0 Å². The number of benzene rings is 1. The van der Waals surface area contributed by atoms with E-state index in [2.05, 4.69) is 15.4 Å². The highest BCUT2D eigenvalue weighted by molar-refractivity contribution is 7.98. The van der Waals surface area contributed by atoms with Crippen LogP contribution in [0.2, 0.25) is 0 Å². The van der Waals surface area contributed by atoms with Crippen molar-refractivity contribution < 1.29 is 32.2 Å². The van der Waals surface area contributed by atoms with Crippen molar-refractivity contribution in [2.45, 2.75) is 19.3 Å². The highest BCUT2D eigenvalue weighted by Gasteiger charge is 2.33. The van der Waals surface area contributed by atoms with Gasteiger partial charge in [0.15, 0.2) is 0 Å². The molecule has 0 spiro atoms. The Bertz CT molecular complexity index is 704. The fourth-order valence-corrected chi connectivity index (χ4v) is 2.62. The van der Waals surface area contributed by atoms with Crippen LogP contribution in [0.1, 0.15) is 18.5 Å². The van der Waals surface area contributed by atoms with Crippen molar-refractivity contribution in [3.05, 3.63) is 41.1 Å². The number of ether oxygens (including phenoxy) is 2. The van der Waals surface area contributed by atoms with Crippen LogP contribution < -0.4 is 15.4 Å². The van der Waals surface area contributed by atoms with Crippen LogP contribution in [0.4, 0.5) is 18.0 Å². The predicted octanol–water partition coefficient (Wildman–Crippen LogP) is 3.12. The first-order valence-corrected chi connectivity index (χ1v) is 8.90. The normalized spacial score (nSPS) is 17.4. The number of carbonyl (C=O) groups is 2. The van der Waals surface area contributed by atoms with Crippen molar-refractivity contribution in [1.29, 1.82) is 0 Å². The van der Waals surface area contributed by atoms with Gasteiger partial charge in [0.2, 0.25) is 0 Å². The van der Waals surface area contributed by atoms with Crippen molar-refractivity contribution in [1.82, 2.24) is 10.6 Å². The molecule has 1 aromatic carbocycles. The summed E-state index contributed by atoms with van der Waals surface area (Å²) in [5.41, 5.74) is 0.934. The molecule has 1 aliphatic heterocycles. The van der Waals surface area contributed by atoms with Gasteiger partial charge in [0.1, 0.15) is 12.4 Å². The molecule has 142 valence electrons. The number of urea groups is 1. The first kappa shape index (κ1) is 20.0. The smallest absolute Gasteiger partial charge is 0.461 e. The van der Waals surface area contributed by atoms with Crippen LogP contribution in [0, 0.1) is 0 Å². The van der Waals surface area contributed by atoms with Gasteiger partial charge in [-0.05, 0) is 30.9 Å². The zero-order chi connectivity index (χ0) is 19.3. The molecule has 6 nitrogen and oxygen atoms in total. The molecule has 1 aliphatic rings. The molecule has 1 atom stereocenters. The highest BCUT2D eigenvalue weighted by Crippen LogP contribution is 2.30. The molecule has 0 aromatic heterocycles. The van der Waals surface area contributed by atoms with Gasteiger partial charge in [-0.1, -0.05) is 12.1 Å². The molecule has 1 unspecified atom stereocenters. The SMILES string of the molecule is CSCCOC(=O)C1=C(C)NC(=O)NC1c1ccc(OC(F)(F)F)cc1.